The van der Waals surface area contributed by atoms with Gasteiger partial charge in [-0.1, -0.05) is 12.8 Å². The van der Waals surface area contributed by atoms with Crippen LogP contribution >= 0.6 is 0 Å². The Morgan fingerprint density at radius 2 is 2.09 bits per heavy atom. The Bertz CT molecular complexity index is 594. The highest BCUT2D eigenvalue weighted by Gasteiger charge is 2.52. The van der Waals surface area contributed by atoms with E-state index in [4.69, 9.17) is 0 Å². The molecule has 0 unspecified atom stereocenters. The summed E-state index contributed by atoms with van der Waals surface area (Å²) in [6.07, 6.45) is 7.23. The maximum absolute atomic E-state index is 12.5. The molecule has 1 aliphatic heterocycles. The van der Waals surface area contributed by atoms with Crippen LogP contribution in [0.4, 0.5) is 5.69 Å². The predicted octanol–water partition coefficient (Wildman–Crippen LogP) is 1.73. The van der Waals surface area contributed by atoms with Gasteiger partial charge in [0.2, 0.25) is 17.7 Å². The van der Waals surface area contributed by atoms with Crippen LogP contribution in [-0.2, 0) is 14.4 Å². The van der Waals surface area contributed by atoms with Gasteiger partial charge in [0.1, 0.15) is 0 Å². The van der Waals surface area contributed by atoms with Crippen molar-refractivity contribution in [3.63, 3.8) is 0 Å². The Kier molecular flexibility index (Phi) is 3.92. The summed E-state index contributed by atoms with van der Waals surface area (Å²) in [5, 5.41) is 2.71. The molecule has 1 aliphatic carbocycles. The molecule has 1 saturated heterocycles. The van der Waals surface area contributed by atoms with E-state index in [9.17, 15) is 14.4 Å². The number of aromatic nitrogens is 1. The number of rotatable bonds is 4. The van der Waals surface area contributed by atoms with E-state index in [1.165, 1.54) is 4.90 Å². The first-order chi connectivity index (χ1) is 10.6. The van der Waals surface area contributed by atoms with Crippen LogP contribution in [0.2, 0.25) is 0 Å². The highest BCUT2D eigenvalue weighted by Crippen LogP contribution is 2.46. The van der Waals surface area contributed by atoms with E-state index >= 15 is 0 Å². The minimum Gasteiger partial charge on any atom is -0.325 e. The van der Waals surface area contributed by atoms with Crippen LogP contribution in [0.5, 0.6) is 0 Å². The second-order valence-electron chi connectivity index (χ2n) is 6.05. The molecule has 3 rings (SSSR count). The summed E-state index contributed by atoms with van der Waals surface area (Å²) in [6, 6.07) is 3.47. The Hall–Kier alpha value is -2.24. The van der Waals surface area contributed by atoms with Gasteiger partial charge in [0.05, 0.1) is 17.3 Å². The van der Waals surface area contributed by atoms with Crippen molar-refractivity contribution in [3.05, 3.63) is 24.5 Å². The molecule has 2 fully saturated rings. The van der Waals surface area contributed by atoms with Crippen molar-refractivity contribution in [2.24, 2.45) is 5.41 Å². The first-order valence-electron chi connectivity index (χ1n) is 7.65. The average molecular weight is 301 g/mol. The van der Waals surface area contributed by atoms with Gasteiger partial charge >= 0.3 is 0 Å². The normalized spacial score (nSPS) is 19.9. The molecular weight excluding hydrogens is 282 g/mol. The van der Waals surface area contributed by atoms with E-state index in [0.29, 0.717) is 12.1 Å². The van der Waals surface area contributed by atoms with Crippen LogP contribution in [0, 0.1) is 5.41 Å². The van der Waals surface area contributed by atoms with Crippen molar-refractivity contribution < 1.29 is 14.4 Å². The molecule has 0 aromatic carbocycles. The SMILES string of the molecule is O=C(CCN1C(=O)CC2(CCCC2)C1=O)Nc1cccnc1. The lowest BCUT2D eigenvalue weighted by molar-refractivity contribution is -0.141. The topological polar surface area (TPSA) is 79.4 Å². The van der Waals surface area contributed by atoms with Gasteiger partial charge in [-0.15, -0.1) is 0 Å². The molecule has 0 bridgehead atoms. The third-order valence-corrected chi connectivity index (χ3v) is 4.56. The van der Waals surface area contributed by atoms with Crippen molar-refractivity contribution in [2.45, 2.75) is 38.5 Å². The quantitative estimate of drug-likeness (QED) is 0.859. The molecule has 1 saturated carbocycles. The molecule has 6 nitrogen and oxygen atoms in total. The van der Waals surface area contributed by atoms with Crippen molar-refractivity contribution in [2.75, 3.05) is 11.9 Å². The fourth-order valence-corrected chi connectivity index (χ4v) is 3.40. The molecule has 0 atom stereocenters. The number of nitrogens with zero attached hydrogens (tertiary/aromatic N) is 2. The fourth-order valence-electron chi connectivity index (χ4n) is 3.40. The lowest BCUT2D eigenvalue weighted by Gasteiger charge is -2.20. The molecule has 1 N–H and O–H groups in total. The van der Waals surface area contributed by atoms with Crippen LogP contribution in [0.3, 0.4) is 0 Å². The largest absolute Gasteiger partial charge is 0.325 e. The number of likely N-dealkylation sites (tertiary alicyclic amines) is 1. The third-order valence-electron chi connectivity index (χ3n) is 4.56. The summed E-state index contributed by atoms with van der Waals surface area (Å²) in [5.41, 5.74) is 0.149. The molecule has 0 radical (unpaired) electrons. The van der Waals surface area contributed by atoms with Crippen LogP contribution < -0.4 is 5.32 Å². The summed E-state index contributed by atoms with van der Waals surface area (Å²) in [4.78, 5) is 41.6. The number of anilines is 1. The van der Waals surface area contributed by atoms with Crippen molar-refractivity contribution in [3.8, 4) is 0 Å². The van der Waals surface area contributed by atoms with E-state index in [1.807, 2.05) is 0 Å². The van der Waals surface area contributed by atoms with Crippen molar-refractivity contribution in [1.82, 2.24) is 9.88 Å². The van der Waals surface area contributed by atoms with Gasteiger partial charge in [0, 0.05) is 25.6 Å². The second-order valence-corrected chi connectivity index (χ2v) is 6.05. The monoisotopic (exact) mass is 301 g/mol. The minimum absolute atomic E-state index is 0.0795. The minimum atomic E-state index is -0.461. The molecule has 22 heavy (non-hydrogen) atoms. The Morgan fingerprint density at radius 3 is 2.77 bits per heavy atom. The molecule has 2 aliphatic rings. The lowest BCUT2D eigenvalue weighted by atomic mass is 9.84. The zero-order valence-electron chi connectivity index (χ0n) is 12.4. The van der Waals surface area contributed by atoms with Crippen molar-refractivity contribution in [1.29, 1.82) is 0 Å². The Balaban J connectivity index is 1.56. The maximum Gasteiger partial charge on any atom is 0.235 e. The fraction of sp³-hybridized carbons (Fsp3) is 0.500. The number of imide groups is 1. The summed E-state index contributed by atoms with van der Waals surface area (Å²) in [7, 11) is 0. The molecule has 3 amide bonds. The first kappa shape index (κ1) is 14.7. The van der Waals surface area contributed by atoms with Gasteiger partial charge in [-0.25, -0.2) is 0 Å². The van der Waals surface area contributed by atoms with Gasteiger partial charge < -0.3 is 5.32 Å². The summed E-state index contributed by atoms with van der Waals surface area (Å²) in [6.45, 7) is 0.158. The number of carbonyl (C=O) groups is 3. The number of amides is 3. The van der Waals surface area contributed by atoms with E-state index in [0.717, 1.165) is 25.7 Å². The summed E-state index contributed by atoms with van der Waals surface area (Å²) < 4.78 is 0. The molecule has 116 valence electrons. The van der Waals surface area contributed by atoms with Crippen LogP contribution in [0.1, 0.15) is 38.5 Å². The van der Waals surface area contributed by atoms with Crippen LogP contribution in [0.25, 0.3) is 0 Å². The van der Waals surface area contributed by atoms with E-state index in [-0.39, 0.29) is 30.7 Å². The van der Waals surface area contributed by atoms with Gasteiger partial charge in [0.25, 0.3) is 0 Å². The number of hydrogen-bond donors (Lipinski definition) is 1. The van der Waals surface area contributed by atoms with Crippen molar-refractivity contribution >= 4 is 23.4 Å². The standard InChI is InChI=1S/C16H19N3O3/c20-13(18-12-4-3-8-17-11-12)5-9-19-14(21)10-16(15(19)22)6-1-2-7-16/h3-4,8,11H,1-2,5-7,9-10H2,(H,18,20). The van der Waals surface area contributed by atoms with Gasteiger partial charge in [0.15, 0.2) is 0 Å². The highest BCUT2D eigenvalue weighted by atomic mass is 16.2. The smallest absolute Gasteiger partial charge is 0.235 e. The highest BCUT2D eigenvalue weighted by molar-refractivity contribution is 6.06. The number of hydrogen-bond acceptors (Lipinski definition) is 4. The molecule has 6 heteroatoms. The number of pyridine rings is 1. The van der Waals surface area contributed by atoms with Gasteiger partial charge in [-0.2, -0.15) is 0 Å². The third kappa shape index (κ3) is 2.73. The molecule has 1 aromatic heterocycles. The zero-order chi connectivity index (χ0) is 15.6. The molecular formula is C16H19N3O3. The lowest BCUT2D eigenvalue weighted by Crippen LogP contribution is -2.36. The van der Waals surface area contributed by atoms with Crippen LogP contribution in [0.15, 0.2) is 24.5 Å². The van der Waals surface area contributed by atoms with Gasteiger partial charge in [-0.05, 0) is 25.0 Å². The number of nitrogens with one attached hydrogen (secondary N) is 1. The van der Waals surface area contributed by atoms with E-state index in [1.54, 1.807) is 24.5 Å². The van der Waals surface area contributed by atoms with E-state index in [2.05, 4.69) is 10.3 Å². The van der Waals surface area contributed by atoms with Crippen LogP contribution in [-0.4, -0.2) is 34.2 Å². The predicted molar refractivity (Wildman–Crippen MR) is 79.7 cm³/mol. The van der Waals surface area contributed by atoms with E-state index < -0.39 is 5.41 Å². The second kappa shape index (κ2) is 5.87. The summed E-state index contributed by atoms with van der Waals surface area (Å²) >= 11 is 0. The first-order valence-corrected chi connectivity index (χ1v) is 7.65. The maximum atomic E-state index is 12.5. The average Bonchev–Trinajstić information content (AvgIpc) is 3.06. The molecule has 1 aromatic rings. The molecule has 1 spiro atoms. The zero-order valence-corrected chi connectivity index (χ0v) is 12.4. The molecule has 2 heterocycles. The Labute approximate surface area is 128 Å². The number of carbonyl (C=O) groups excluding carboxylic acids is 3. The summed E-state index contributed by atoms with van der Waals surface area (Å²) in [5.74, 6) is -0.439. The Morgan fingerprint density at radius 1 is 1.32 bits per heavy atom. The van der Waals surface area contributed by atoms with Gasteiger partial charge in [-0.3, -0.25) is 24.3 Å².